The molecule has 0 saturated heterocycles. The number of anilines is 2. The normalized spacial score (nSPS) is 10.8. The van der Waals surface area contributed by atoms with Gasteiger partial charge in [0.2, 0.25) is 0 Å². The predicted octanol–water partition coefficient (Wildman–Crippen LogP) is 2.91. The Hall–Kier alpha value is -2.14. The number of benzene rings is 1. The second kappa shape index (κ2) is 4.85. The van der Waals surface area contributed by atoms with E-state index in [1.165, 1.54) is 4.88 Å². The van der Waals surface area contributed by atoms with Gasteiger partial charge in [0.05, 0.1) is 12.1 Å². The third kappa shape index (κ3) is 2.37. The molecule has 0 saturated carbocycles. The largest absolute Gasteiger partial charge is 0.399 e. The van der Waals surface area contributed by atoms with Crippen LogP contribution in [0, 0.1) is 0 Å². The topological polar surface area (TPSA) is 55.0 Å². The third-order valence-electron chi connectivity index (χ3n) is 2.97. The molecule has 0 fully saturated rings. The summed E-state index contributed by atoms with van der Waals surface area (Å²) in [5.41, 5.74) is 7.39. The van der Waals surface area contributed by atoms with Crippen LogP contribution in [-0.4, -0.2) is 17.0 Å². The third-order valence-corrected chi connectivity index (χ3v) is 3.84. The number of rotatable bonds is 3. The Balaban J connectivity index is 2.00. The first-order valence-electron chi connectivity index (χ1n) is 5.98. The van der Waals surface area contributed by atoms with Gasteiger partial charge in [0.1, 0.15) is 12.1 Å². The molecule has 0 bridgehead atoms. The van der Waals surface area contributed by atoms with Crippen molar-refractivity contribution in [1.82, 2.24) is 9.97 Å². The average Bonchev–Trinajstić information content (AvgIpc) is 2.90. The molecule has 0 aliphatic heterocycles. The highest BCUT2D eigenvalue weighted by Crippen LogP contribution is 2.25. The van der Waals surface area contributed by atoms with E-state index < -0.39 is 0 Å². The number of nitrogens with zero attached hydrogens (tertiary/aromatic N) is 3. The number of hydrogen-bond acceptors (Lipinski definition) is 5. The van der Waals surface area contributed by atoms with Crippen LogP contribution in [0.15, 0.2) is 42.0 Å². The first kappa shape index (κ1) is 11.9. The summed E-state index contributed by atoms with van der Waals surface area (Å²) in [6, 6.07) is 9.92. The van der Waals surface area contributed by atoms with Crippen LogP contribution in [0.2, 0.25) is 0 Å². The summed E-state index contributed by atoms with van der Waals surface area (Å²) >= 11 is 1.75. The maximum Gasteiger partial charge on any atom is 0.139 e. The van der Waals surface area contributed by atoms with Gasteiger partial charge < -0.3 is 10.6 Å². The number of fused-ring (bicyclic) bond motifs is 1. The molecule has 5 heteroatoms. The molecule has 0 unspecified atom stereocenters. The summed E-state index contributed by atoms with van der Waals surface area (Å²) in [7, 11) is 2.04. The number of hydrogen-bond donors (Lipinski definition) is 1. The van der Waals surface area contributed by atoms with Gasteiger partial charge in [-0.25, -0.2) is 9.97 Å². The van der Waals surface area contributed by atoms with Crippen LogP contribution in [0.3, 0.4) is 0 Å². The molecule has 2 heterocycles. The molecule has 2 aromatic heterocycles. The van der Waals surface area contributed by atoms with Crippen molar-refractivity contribution in [2.75, 3.05) is 17.7 Å². The van der Waals surface area contributed by atoms with E-state index >= 15 is 0 Å². The van der Waals surface area contributed by atoms with Crippen molar-refractivity contribution in [3.8, 4) is 0 Å². The lowest BCUT2D eigenvalue weighted by Gasteiger charge is -2.18. The summed E-state index contributed by atoms with van der Waals surface area (Å²) in [6.07, 6.45) is 1.59. The Morgan fingerprint density at radius 3 is 2.95 bits per heavy atom. The molecule has 3 aromatic rings. The Labute approximate surface area is 115 Å². The van der Waals surface area contributed by atoms with E-state index in [1.54, 1.807) is 17.7 Å². The number of nitrogen functional groups attached to an aromatic ring is 1. The highest BCUT2D eigenvalue weighted by Gasteiger charge is 2.09. The average molecular weight is 270 g/mol. The zero-order valence-corrected chi connectivity index (χ0v) is 11.4. The van der Waals surface area contributed by atoms with Gasteiger partial charge in [-0.05, 0) is 29.6 Å². The monoisotopic (exact) mass is 270 g/mol. The van der Waals surface area contributed by atoms with E-state index in [0.29, 0.717) is 0 Å². The molecule has 0 amide bonds. The Kier molecular flexibility index (Phi) is 3.05. The molecule has 0 atom stereocenters. The van der Waals surface area contributed by atoms with Gasteiger partial charge >= 0.3 is 0 Å². The summed E-state index contributed by atoms with van der Waals surface area (Å²) in [4.78, 5) is 12.1. The van der Waals surface area contributed by atoms with Crippen molar-refractivity contribution in [2.45, 2.75) is 6.54 Å². The number of thiophene rings is 1. The standard InChI is InChI=1S/C14H14N4S/c1-18(8-11-3-2-6-19-11)14-12-5-4-10(15)7-13(12)16-9-17-14/h2-7,9H,8,15H2,1H3. The molecule has 3 rings (SSSR count). The van der Waals surface area contributed by atoms with Gasteiger partial charge in [0.15, 0.2) is 0 Å². The SMILES string of the molecule is CN(Cc1cccs1)c1ncnc2cc(N)ccc12. The van der Waals surface area contributed by atoms with Crippen molar-refractivity contribution in [3.05, 3.63) is 46.9 Å². The lowest BCUT2D eigenvalue weighted by molar-refractivity contribution is 0.915. The van der Waals surface area contributed by atoms with Gasteiger partial charge in [-0.15, -0.1) is 11.3 Å². The smallest absolute Gasteiger partial charge is 0.139 e. The summed E-state index contributed by atoms with van der Waals surface area (Å²) in [5.74, 6) is 0.929. The van der Waals surface area contributed by atoms with Gasteiger partial charge in [-0.3, -0.25) is 0 Å². The number of aromatic nitrogens is 2. The summed E-state index contributed by atoms with van der Waals surface area (Å²) < 4.78 is 0. The molecular weight excluding hydrogens is 256 g/mol. The molecule has 1 aromatic carbocycles. The molecule has 0 aliphatic carbocycles. The van der Waals surface area contributed by atoms with E-state index in [9.17, 15) is 0 Å². The summed E-state index contributed by atoms with van der Waals surface area (Å²) in [5, 5.41) is 3.11. The molecule has 0 aliphatic rings. The quantitative estimate of drug-likeness (QED) is 0.743. The number of nitrogens with two attached hydrogens (primary N) is 1. The molecule has 0 spiro atoms. The van der Waals surface area contributed by atoms with Crippen molar-refractivity contribution >= 4 is 33.7 Å². The van der Waals surface area contributed by atoms with Crippen LogP contribution in [0.1, 0.15) is 4.88 Å². The van der Waals surface area contributed by atoms with Crippen LogP contribution in [0.5, 0.6) is 0 Å². The van der Waals surface area contributed by atoms with Gasteiger partial charge in [-0.1, -0.05) is 6.07 Å². The van der Waals surface area contributed by atoms with E-state index in [0.717, 1.165) is 29.0 Å². The second-order valence-electron chi connectivity index (χ2n) is 4.41. The zero-order chi connectivity index (χ0) is 13.2. The minimum absolute atomic E-state index is 0.720. The van der Waals surface area contributed by atoms with Crippen LogP contribution < -0.4 is 10.6 Å². The molecule has 2 N–H and O–H groups in total. The molecule has 96 valence electrons. The minimum atomic E-state index is 0.720. The van der Waals surface area contributed by atoms with Crippen LogP contribution in [-0.2, 0) is 6.54 Å². The van der Waals surface area contributed by atoms with Crippen LogP contribution in [0.25, 0.3) is 10.9 Å². The summed E-state index contributed by atoms with van der Waals surface area (Å²) in [6.45, 7) is 0.841. The maximum atomic E-state index is 5.79. The highest BCUT2D eigenvalue weighted by molar-refractivity contribution is 7.09. The lowest BCUT2D eigenvalue weighted by atomic mass is 10.2. The van der Waals surface area contributed by atoms with E-state index in [4.69, 9.17) is 5.73 Å². The molecule has 0 radical (unpaired) electrons. The highest BCUT2D eigenvalue weighted by atomic mass is 32.1. The van der Waals surface area contributed by atoms with E-state index in [2.05, 4.69) is 32.4 Å². The first-order valence-corrected chi connectivity index (χ1v) is 6.86. The molecular formula is C14H14N4S. The Morgan fingerprint density at radius 2 is 2.16 bits per heavy atom. The minimum Gasteiger partial charge on any atom is -0.399 e. The first-order chi connectivity index (χ1) is 9.24. The fourth-order valence-electron chi connectivity index (χ4n) is 2.08. The van der Waals surface area contributed by atoms with Crippen LogP contribution >= 0.6 is 11.3 Å². The van der Waals surface area contributed by atoms with Gasteiger partial charge in [-0.2, -0.15) is 0 Å². The van der Waals surface area contributed by atoms with E-state index in [1.807, 2.05) is 25.2 Å². The molecule has 4 nitrogen and oxygen atoms in total. The predicted molar refractivity (Wildman–Crippen MR) is 80.4 cm³/mol. The van der Waals surface area contributed by atoms with Gasteiger partial charge in [0.25, 0.3) is 0 Å². The lowest BCUT2D eigenvalue weighted by Crippen LogP contribution is -2.17. The van der Waals surface area contributed by atoms with Gasteiger partial charge in [0, 0.05) is 23.0 Å². The zero-order valence-electron chi connectivity index (χ0n) is 10.6. The Bertz CT molecular complexity index is 694. The fourth-order valence-corrected chi connectivity index (χ4v) is 2.83. The fraction of sp³-hybridized carbons (Fsp3) is 0.143. The van der Waals surface area contributed by atoms with Crippen molar-refractivity contribution in [3.63, 3.8) is 0 Å². The van der Waals surface area contributed by atoms with E-state index in [-0.39, 0.29) is 0 Å². The maximum absolute atomic E-state index is 5.79. The second-order valence-corrected chi connectivity index (χ2v) is 5.44. The van der Waals surface area contributed by atoms with Crippen molar-refractivity contribution in [2.24, 2.45) is 0 Å². The molecule has 19 heavy (non-hydrogen) atoms. The Morgan fingerprint density at radius 1 is 1.26 bits per heavy atom. The van der Waals surface area contributed by atoms with Crippen molar-refractivity contribution in [1.29, 1.82) is 0 Å². The van der Waals surface area contributed by atoms with Crippen molar-refractivity contribution < 1.29 is 0 Å². The van der Waals surface area contributed by atoms with Crippen LogP contribution in [0.4, 0.5) is 11.5 Å².